The van der Waals surface area contributed by atoms with E-state index in [-0.39, 0.29) is 5.91 Å². The lowest BCUT2D eigenvalue weighted by Gasteiger charge is -2.01. The maximum atomic E-state index is 11.8. The van der Waals surface area contributed by atoms with Crippen LogP contribution in [-0.4, -0.2) is 10.9 Å². The number of amides is 1. The van der Waals surface area contributed by atoms with Gasteiger partial charge in [-0.1, -0.05) is 0 Å². The zero-order valence-corrected chi connectivity index (χ0v) is 10.9. The van der Waals surface area contributed by atoms with Gasteiger partial charge in [-0.2, -0.15) is 0 Å². The van der Waals surface area contributed by atoms with Gasteiger partial charge in [-0.05, 0) is 46.6 Å². The molecule has 0 fully saturated rings. The van der Waals surface area contributed by atoms with E-state index in [4.69, 9.17) is 0 Å². The van der Waals surface area contributed by atoms with Crippen molar-refractivity contribution in [2.75, 3.05) is 5.32 Å². The first-order chi connectivity index (χ1) is 7.66. The Hall–Kier alpha value is -1.20. The molecule has 0 aliphatic carbocycles. The third-order valence-electron chi connectivity index (χ3n) is 2.00. The van der Waals surface area contributed by atoms with Gasteiger partial charge in [0.15, 0.2) is 0 Å². The minimum Gasteiger partial charge on any atom is -0.320 e. The van der Waals surface area contributed by atoms with Gasteiger partial charge in [0.25, 0.3) is 5.91 Å². The zero-order chi connectivity index (χ0) is 11.5. The molecule has 0 unspecified atom stereocenters. The molecule has 0 radical (unpaired) electrons. The Morgan fingerprint density at radius 2 is 2.38 bits per heavy atom. The molecule has 2 rings (SSSR count). The van der Waals surface area contributed by atoms with Crippen molar-refractivity contribution in [3.8, 4) is 0 Å². The average molecular weight is 297 g/mol. The van der Waals surface area contributed by atoms with Gasteiger partial charge in [0.2, 0.25) is 0 Å². The number of anilines is 1. The lowest BCUT2D eigenvalue weighted by atomic mass is 10.3. The maximum absolute atomic E-state index is 11.8. The van der Waals surface area contributed by atoms with Crippen molar-refractivity contribution in [3.63, 3.8) is 0 Å². The van der Waals surface area contributed by atoms with Crippen LogP contribution in [0.3, 0.4) is 0 Å². The van der Waals surface area contributed by atoms with Crippen LogP contribution in [0.1, 0.15) is 15.2 Å². The monoisotopic (exact) mass is 296 g/mol. The highest BCUT2D eigenvalue weighted by Crippen LogP contribution is 2.27. The number of carbonyl (C=O) groups excluding carboxylic acids is 1. The minimum atomic E-state index is -0.105. The van der Waals surface area contributed by atoms with Crippen LogP contribution in [-0.2, 0) is 0 Å². The zero-order valence-electron chi connectivity index (χ0n) is 8.53. The van der Waals surface area contributed by atoms with Crippen molar-refractivity contribution in [2.24, 2.45) is 0 Å². The third-order valence-corrected chi connectivity index (χ3v) is 4.14. The molecule has 82 valence electrons. The molecule has 1 amide bonds. The lowest BCUT2D eigenvalue weighted by molar-refractivity contribution is 0.103. The maximum Gasteiger partial charge on any atom is 0.265 e. The minimum absolute atomic E-state index is 0.105. The fourth-order valence-corrected chi connectivity index (χ4v) is 2.63. The first kappa shape index (κ1) is 11.3. The van der Waals surface area contributed by atoms with Gasteiger partial charge in [0, 0.05) is 6.20 Å². The standard InChI is InChI=1S/C11H9BrN2OS/c1-7-5-9(16-10(7)12)11(15)14-8-3-2-4-13-6-8/h2-6H,1H3,(H,14,15). The summed E-state index contributed by atoms with van der Waals surface area (Å²) in [4.78, 5) is 16.5. The van der Waals surface area contributed by atoms with Crippen LogP contribution < -0.4 is 5.32 Å². The summed E-state index contributed by atoms with van der Waals surface area (Å²) in [5.41, 5.74) is 1.77. The lowest BCUT2D eigenvalue weighted by Crippen LogP contribution is -2.10. The molecule has 16 heavy (non-hydrogen) atoms. The fourth-order valence-electron chi connectivity index (χ4n) is 1.20. The Labute approximate surface area is 106 Å². The molecular weight excluding hydrogens is 288 g/mol. The quantitative estimate of drug-likeness (QED) is 0.922. The van der Waals surface area contributed by atoms with Gasteiger partial charge in [0.1, 0.15) is 0 Å². The van der Waals surface area contributed by atoms with E-state index >= 15 is 0 Å². The second-order valence-electron chi connectivity index (χ2n) is 3.26. The number of thiophene rings is 1. The summed E-state index contributed by atoms with van der Waals surface area (Å²) >= 11 is 4.82. The van der Waals surface area contributed by atoms with Crippen LogP contribution in [0.25, 0.3) is 0 Å². The summed E-state index contributed by atoms with van der Waals surface area (Å²) in [5, 5.41) is 2.79. The van der Waals surface area contributed by atoms with E-state index in [0.717, 1.165) is 9.35 Å². The van der Waals surface area contributed by atoms with E-state index in [1.165, 1.54) is 11.3 Å². The van der Waals surface area contributed by atoms with E-state index < -0.39 is 0 Å². The molecular formula is C11H9BrN2OS. The summed E-state index contributed by atoms with van der Waals surface area (Å²) < 4.78 is 0.990. The van der Waals surface area contributed by atoms with Crippen LogP contribution in [0.2, 0.25) is 0 Å². The molecule has 0 bridgehead atoms. The number of aryl methyl sites for hydroxylation is 1. The van der Waals surface area contributed by atoms with Gasteiger partial charge in [-0.25, -0.2) is 0 Å². The molecule has 0 spiro atoms. The fraction of sp³-hybridized carbons (Fsp3) is 0.0909. The van der Waals surface area contributed by atoms with Crippen LogP contribution in [0.4, 0.5) is 5.69 Å². The predicted molar refractivity (Wildman–Crippen MR) is 68.9 cm³/mol. The van der Waals surface area contributed by atoms with E-state index in [1.54, 1.807) is 24.5 Å². The second kappa shape index (κ2) is 4.76. The summed E-state index contributed by atoms with van der Waals surface area (Å²) in [7, 11) is 0. The highest BCUT2D eigenvalue weighted by atomic mass is 79.9. The molecule has 2 aromatic heterocycles. The SMILES string of the molecule is Cc1cc(C(=O)Nc2cccnc2)sc1Br. The molecule has 0 saturated carbocycles. The Balaban J connectivity index is 2.15. The van der Waals surface area contributed by atoms with Gasteiger partial charge >= 0.3 is 0 Å². The summed E-state index contributed by atoms with van der Waals surface area (Å²) in [6.07, 6.45) is 3.29. The third kappa shape index (κ3) is 2.48. The largest absolute Gasteiger partial charge is 0.320 e. The van der Waals surface area contributed by atoms with Crippen LogP contribution in [0.5, 0.6) is 0 Å². The Kier molecular flexibility index (Phi) is 3.36. The molecule has 1 N–H and O–H groups in total. The van der Waals surface area contributed by atoms with Gasteiger partial charge in [-0.15, -0.1) is 11.3 Å². The number of halogens is 1. The van der Waals surface area contributed by atoms with Crippen molar-refractivity contribution in [1.29, 1.82) is 0 Å². The molecule has 0 atom stereocenters. The van der Waals surface area contributed by atoms with E-state index in [0.29, 0.717) is 10.6 Å². The first-order valence-corrected chi connectivity index (χ1v) is 6.25. The van der Waals surface area contributed by atoms with Crippen molar-refractivity contribution in [3.05, 3.63) is 44.8 Å². The highest BCUT2D eigenvalue weighted by molar-refractivity contribution is 9.11. The summed E-state index contributed by atoms with van der Waals surface area (Å²) in [5.74, 6) is -0.105. The molecule has 5 heteroatoms. The molecule has 0 saturated heterocycles. The molecule has 0 aliphatic rings. The van der Waals surface area contributed by atoms with E-state index in [2.05, 4.69) is 26.2 Å². The van der Waals surface area contributed by atoms with Crippen molar-refractivity contribution in [1.82, 2.24) is 4.98 Å². The van der Waals surface area contributed by atoms with Crippen LogP contribution in [0, 0.1) is 6.92 Å². The van der Waals surface area contributed by atoms with Crippen molar-refractivity contribution < 1.29 is 4.79 Å². The van der Waals surface area contributed by atoms with Crippen molar-refractivity contribution in [2.45, 2.75) is 6.92 Å². The number of rotatable bonds is 2. The number of pyridine rings is 1. The number of aromatic nitrogens is 1. The van der Waals surface area contributed by atoms with Gasteiger partial charge < -0.3 is 5.32 Å². The number of hydrogen-bond donors (Lipinski definition) is 1. The number of nitrogens with zero attached hydrogens (tertiary/aromatic N) is 1. The number of hydrogen-bond acceptors (Lipinski definition) is 3. The highest BCUT2D eigenvalue weighted by Gasteiger charge is 2.11. The van der Waals surface area contributed by atoms with E-state index in [1.807, 2.05) is 13.0 Å². The topological polar surface area (TPSA) is 42.0 Å². The summed E-state index contributed by atoms with van der Waals surface area (Å²) in [6, 6.07) is 5.45. The van der Waals surface area contributed by atoms with E-state index in [9.17, 15) is 4.79 Å². The van der Waals surface area contributed by atoms with Gasteiger partial charge in [0.05, 0.1) is 20.5 Å². The smallest absolute Gasteiger partial charge is 0.265 e. The predicted octanol–water partition coefficient (Wildman–Crippen LogP) is 3.47. The Morgan fingerprint density at radius 3 is 2.94 bits per heavy atom. The van der Waals surface area contributed by atoms with Crippen LogP contribution in [0.15, 0.2) is 34.4 Å². The first-order valence-electron chi connectivity index (χ1n) is 4.64. The van der Waals surface area contributed by atoms with Gasteiger partial charge in [-0.3, -0.25) is 9.78 Å². The normalized spacial score (nSPS) is 10.1. The number of carbonyl (C=O) groups is 1. The summed E-state index contributed by atoms with van der Waals surface area (Å²) in [6.45, 7) is 1.96. The molecule has 0 aliphatic heterocycles. The molecule has 2 aromatic rings. The molecule has 0 aromatic carbocycles. The number of nitrogens with one attached hydrogen (secondary N) is 1. The average Bonchev–Trinajstić information content (AvgIpc) is 2.61. The molecule has 3 nitrogen and oxygen atoms in total. The van der Waals surface area contributed by atoms with Crippen LogP contribution >= 0.6 is 27.3 Å². The molecule has 2 heterocycles. The van der Waals surface area contributed by atoms with Crippen molar-refractivity contribution >= 4 is 38.9 Å². The Morgan fingerprint density at radius 1 is 1.56 bits per heavy atom. The second-order valence-corrected chi connectivity index (χ2v) is 5.63. The Bertz CT molecular complexity index is 490.